The minimum atomic E-state index is -1.17. The molecule has 2 atom stereocenters. The van der Waals surface area contributed by atoms with Crippen LogP contribution in [0.25, 0.3) is 0 Å². The SMILES string of the molecule is N#Cc1ccc(C2(Cl)CC2(C(=O)O)c2cccnc2)cc1. The van der Waals surface area contributed by atoms with Crippen molar-refractivity contribution in [1.29, 1.82) is 5.26 Å². The van der Waals surface area contributed by atoms with Crippen LogP contribution >= 0.6 is 11.6 Å². The lowest BCUT2D eigenvalue weighted by atomic mass is 9.91. The van der Waals surface area contributed by atoms with Gasteiger partial charge in [0.15, 0.2) is 0 Å². The molecule has 3 rings (SSSR count). The maximum absolute atomic E-state index is 11.8. The van der Waals surface area contributed by atoms with Crippen molar-refractivity contribution in [2.24, 2.45) is 0 Å². The smallest absolute Gasteiger partial charge is 0.316 e. The third-order valence-electron chi connectivity index (χ3n) is 4.05. The predicted octanol–water partition coefficient (Wildman–Crippen LogP) is 2.81. The Hall–Kier alpha value is -2.38. The first-order chi connectivity index (χ1) is 10.0. The van der Waals surface area contributed by atoms with Crippen LogP contribution in [0, 0.1) is 11.3 Å². The van der Waals surface area contributed by atoms with E-state index >= 15 is 0 Å². The first-order valence-electron chi connectivity index (χ1n) is 6.38. The summed E-state index contributed by atoms with van der Waals surface area (Å²) in [5.41, 5.74) is 0.644. The highest BCUT2D eigenvalue weighted by Gasteiger charge is 2.73. The van der Waals surface area contributed by atoms with Crippen molar-refractivity contribution in [1.82, 2.24) is 4.98 Å². The summed E-state index contributed by atoms with van der Waals surface area (Å²) in [6.45, 7) is 0. The van der Waals surface area contributed by atoms with Gasteiger partial charge >= 0.3 is 5.97 Å². The first kappa shape index (κ1) is 13.6. The minimum absolute atomic E-state index is 0.300. The standard InChI is InChI=1S/C16H11ClN2O2/c17-16(12-5-3-11(8-18)4-6-12)10-15(16,14(20)21)13-2-1-7-19-9-13/h1-7,9H,10H2,(H,20,21). The normalized spacial score (nSPS) is 26.9. The fourth-order valence-corrected chi connectivity index (χ4v) is 3.31. The zero-order valence-electron chi connectivity index (χ0n) is 11.0. The van der Waals surface area contributed by atoms with E-state index in [1.165, 1.54) is 0 Å². The Balaban J connectivity index is 2.07. The van der Waals surface area contributed by atoms with Gasteiger partial charge in [-0.1, -0.05) is 18.2 Å². The van der Waals surface area contributed by atoms with Gasteiger partial charge in [0.05, 0.1) is 16.5 Å². The summed E-state index contributed by atoms with van der Waals surface area (Å²) in [6.07, 6.45) is 3.44. The van der Waals surface area contributed by atoms with Crippen LogP contribution in [-0.2, 0) is 15.1 Å². The lowest BCUT2D eigenvalue weighted by molar-refractivity contribution is -0.140. The Labute approximate surface area is 126 Å². The summed E-state index contributed by atoms with van der Waals surface area (Å²) in [4.78, 5) is 14.8. The number of carboxylic acid groups (broad SMARTS) is 1. The van der Waals surface area contributed by atoms with E-state index in [9.17, 15) is 9.90 Å². The van der Waals surface area contributed by atoms with Gasteiger partial charge in [-0.15, -0.1) is 11.6 Å². The Morgan fingerprint density at radius 1 is 1.29 bits per heavy atom. The van der Waals surface area contributed by atoms with Crippen LogP contribution in [-0.4, -0.2) is 16.1 Å². The second kappa shape index (κ2) is 4.57. The molecule has 4 nitrogen and oxygen atoms in total. The molecule has 1 heterocycles. The molecule has 1 aromatic heterocycles. The van der Waals surface area contributed by atoms with Crippen LogP contribution in [0.15, 0.2) is 48.8 Å². The zero-order chi connectivity index (χ0) is 15.1. The van der Waals surface area contributed by atoms with E-state index in [2.05, 4.69) is 4.98 Å². The molecular weight excluding hydrogens is 288 g/mol. The van der Waals surface area contributed by atoms with Gasteiger partial charge in [-0.05, 0) is 35.7 Å². The number of hydrogen-bond acceptors (Lipinski definition) is 3. The molecule has 0 bridgehead atoms. The molecule has 5 heteroatoms. The van der Waals surface area contributed by atoms with E-state index in [0.29, 0.717) is 23.1 Å². The van der Waals surface area contributed by atoms with E-state index < -0.39 is 16.3 Å². The van der Waals surface area contributed by atoms with Gasteiger partial charge in [-0.3, -0.25) is 9.78 Å². The number of alkyl halides is 1. The van der Waals surface area contributed by atoms with Crippen LogP contribution in [0.5, 0.6) is 0 Å². The number of aromatic nitrogens is 1. The van der Waals surface area contributed by atoms with Gasteiger partial charge in [-0.25, -0.2) is 0 Å². The molecule has 2 aromatic rings. The third-order valence-corrected chi connectivity index (χ3v) is 4.73. The number of nitriles is 1. The molecule has 1 aliphatic carbocycles. The second-order valence-electron chi connectivity index (χ2n) is 5.12. The Morgan fingerprint density at radius 2 is 2.00 bits per heavy atom. The average molecular weight is 299 g/mol. The van der Waals surface area contributed by atoms with E-state index in [4.69, 9.17) is 16.9 Å². The van der Waals surface area contributed by atoms with Gasteiger partial charge in [0, 0.05) is 12.4 Å². The van der Waals surface area contributed by atoms with Crippen molar-refractivity contribution >= 4 is 17.6 Å². The number of benzene rings is 1. The van der Waals surface area contributed by atoms with Crippen LogP contribution in [0.1, 0.15) is 23.1 Å². The molecule has 1 aliphatic rings. The van der Waals surface area contributed by atoms with Crippen LogP contribution in [0.4, 0.5) is 0 Å². The third kappa shape index (κ3) is 1.82. The molecule has 0 spiro atoms. The van der Waals surface area contributed by atoms with Gasteiger partial charge in [0.1, 0.15) is 5.41 Å². The largest absolute Gasteiger partial charge is 0.481 e. The topological polar surface area (TPSA) is 74.0 Å². The van der Waals surface area contributed by atoms with Crippen molar-refractivity contribution in [3.63, 3.8) is 0 Å². The van der Waals surface area contributed by atoms with Crippen LogP contribution in [0.2, 0.25) is 0 Å². The number of carbonyl (C=O) groups is 1. The van der Waals surface area contributed by atoms with Gasteiger partial charge in [-0.2, -0.15) is 5.26 Å². The number of halogens is 1. The molecule has 0 aliphatic heterocycles. The van der Waals surface area contributed by atoms with Crippen LogP contribution < -0.4 is 0 Å². The highest BCUT2D eigenvalue weighted by Crippen LogP contribution is 2.68. The van der Waals surface area contributed by atoms with Crippen molar-refractivity contribution in [2.45, 2.75) is 16.7 Å². The average Bonchev–Trinajstić information content (AvgIpc) is 3.17. The number of carboxylic acids is 1. The van der Waals surface area contributed by atoms with Crippen molar-refractivity contribution < 1.29 is 9.90 Å². The summed E-state index contributed by atoms with van der Waals surface area (Å²) in [6, 6.07) is 12.2. The molecule has 0 saturated heterocycles. The Kier molecular flexibility index (Phi) is 2.96. The zero-order valence-corrected chi connectivity index (χ0v) is 11.7. The molecule has 0 amide bonds. The van der Waals surface area contributed by atoms with Crippen molar-refractivity contribution in [3.05, 3.63) is 65.5 Å². The van der Waals surface area contributed by atoms with Crippen LogP contribution in [0.3, 0.4) is 0 Å². The number of nitrogens with zero attached hydrogens (tertiary/aromatic N) is 2. The molecule has 2 unspecified atom stereocenters. The van der Waals surface area contributed by atoms with Gasteiger partial charge in [0.25, 0.3) is 0 Å². The fraction of sp³-hybridized carbons (Fsp3) is 0.188. The molecular formula is C16H11ClN2O2. The Bertz CT molecular complexity index is 739. The summed E-state index contributed by atoms with van der Waals surface area (Å²) in [5.74, 6) is -0.963. The van der Waals surface area contributed by atoms with E-state index in [0.717, 1.165) is 0 Å². The second-order valence-corrected chi connectivity index (χ2v) is 5.76. The molecule has 0 radical (unpaired) electrons. The van der Waals surface area contributed by atoms with E-state index in [1.807, 2.05) is 6.07 Å². The lowest BCUT2D eigenvalue weighted by Crippen LogP contribution is -2.27. The maximum Gasteiger partial charge on any atom is 0.316 e. The molecule has 1 aromatic carbocycles. The lowest BCUT2D eigenvalue weighted by Gasteiger charge is -2.18. The Morgan fingerprint density at radius 3 is 2.52 bits per heavy atom. The van der Waals surface area contributed by atoms with Gasteiger partial charge < -0.3 is 5.11 Å². The summed E-state index contributed by atoms with van der Waals surface area (Å²) in [7, 11) is 0. The molecule has 1 N–H and O–H groups in total. The summed E-state index contributed by atoms with van der Waals surface area (Å²) in [5, 5.41) is 18.5. The van der Waals surface area contributed by atoms with Crippen molar-refractivity contribution in [3.8, 4) is 6.07 Å². The highest BCUT2D eigenvalue weighted by atomic mass is 35.5. The summed E-state index contributed by atoms with van der Waals surface area (Å²) >= 11 is 6.63. The molecule has 21 heavy (non-hydrogen) atoms. The minimum Gasteiger partial charge on any atom is -0.481 e. The fourth-order valence-electron chi connectivity index (χ4n) is 2.79. The number of rotatable bonds is 3. The maximum atomic E-state index is 11.8. The van der Waals surface area contributed by atoms with Crippen molar-refractivity contribution in [2.75, 3.05) is 0 Å². The number of aliphatic carboxylic acids is 1. The van der Waals surface area contributed by atoms with E-state index in [-0.39, 0.29) is 0 Å². The molecule has 104 valence electrons. The molecule has 1 saturated carbocycles. The quantitative estimate of drug-likeness (QED) is 0.884. The highest BCUT2D eigenvalue weighted by molar-refractivity contribution is 6.30. The predicted molar refractivity (Wildman–Crippen MR) is 76.9 cm³/mol. The van der Waals surface area contributed by atoms with E-state index in [1.54, 1.807) is 48.8 Å². The number of pyridine rings is 1. The first-order valence-corrected chi connectivity index (χ1v) is 6.76. The number of hydrogen-bond donors (Lipinski definition) is 1. The summed E-state index contributed by atoms with van der Waals surface area (Å²) < 4.78 is 0. The monoisotopic (exact) mass is 298 g/mol. The van der Waals surface area contributed by atoms with Gasteiger partial charge in [0.2, 0.25) is 0 Å². The molecule has 1 fully saturated rings.